The molecule has 1 aromatic rings. The van der Waals surface area contributed by atoms with Crippen LogP contribution in [0.1, 0.15) is 38.9 Å². The molecule has 6 nitrogen and oxygen atoms in total. The number of nitrogens with zero attached hydrogens (tertiary/aromatic N) is 3. The van der Waals surface area contributed by atoms with Crippen LogP contribution in [0.2, 0.25) is 0 Å². The maximum Gasteiger partial charge on any atom is 0.191 e. The molecule has 3 N–H and O–H groups in total. The van der Waals surface area contributed by atoms with E-state index in [1.54, 1.807) is 10.9 Å². The molecule has 2 atom stereocenters. The Bertz CT molecular complexity index is 480. The molecular weight excluding hydrogens is 254 g/mol. The molecule has 0 aromatic carbocycles. The summed E-state index contributed by atoms with van der Waals surface area (Å²) in [6.07, 6.45) is 4.02. The van der Waals surface area contributed by atoms with Gasteiger partial charge in [0.15, 0.2) is 5.96 Å². The second-order valence-electron chi connectivity index (χ2n) is 6.07. The van der Waals surface area contributed by atoms with Crippen molar-refractivity contribution in [2.24, 2.45) is 17.5 Å². The predicted molar refractivity (Wildman–Crippen MR) is 79.5 cm³/mol. The van der Waals surface area contributed by atoms with Crippen LogP contribution in [0.3, 0.4) is 0 Å². The molecular formula is C14H25N5O. The molecule has 0 amide bonds. The third-order valence-corrected chi connectivity index (χ3v) is 3.70. The first-order valence-electron chi connectivity index (χ1n) is 7.14. The van der Waals surface area contributed by atoms with E-state index in [4.69, 9.17) is 0 Å². The van der Waals surface area contributed by atoms with Crippen molar-refractivity contribution < 1.29 is 5.11 Å². The minimum Gasteiger partial charge on any atom is -0.386 e. The number of aliphatic hydroxyl groups is 1. The van der Waals surface area contributed by atoms with Crippen LogP contribution in [-0.4, -0.2) is 40.0 Å². The van der Waals surface area contributed by atoms with Crippen molar-refractivity contribution in [1.82, 2.24) is 20.4 Å². The largest absolute Gasteiger partial charge is 0.386 e. The summed E-state index contributed by atoms with van der Waals surface area (Å²) in [7, 11) is 1.83. The number of hydrogen-bond acceptors (Lipinski definition) is 3. The monoisotopic (exact) mass is 279 g/mol. The first-order chi connectivity index (χ1) is 9.42. The molecule has 0 radical (unpaired) electrons. The number of rotatable bonds is 5. The molecule has 20 heavy (non-hydrogen) atoms. The van der Waals surface area contributed by atoms with E-state index in [1.807, 2.05) is 20.2 Å². The van der Waals surface area contributed by atoms with E-state index in [9.17, 15) is 5.11 Å². The fourth-order valence-corrected chi connectivity index (χ4v) is 2.09. The molecule has 1 heterocycles. The number of nitrogens with one attached hydrogen (secondary N) is 2. The fraction of sp³-hybridized carbons (Fsp3) is 0.714. The molecule has 1 saturated carbocycles. The molecule has 6 heteroatoms. The minimum absolute atomic E-state index is 0.328. The van der Waals surface area contributed by atoms with Crippen LogP contribution in [0.4, 0.5) is 0 Å². The van der Waals surface area contributed by atoms with Crippen molar-refractivity contribution >= 4 is 5.96 Å². The third kappa shape index (κ3) is 3.72. The zero-order valence-corrected chi connectivity index (χ0v) is 12.7. The van der Waals surface area contributed by atoms with Gasteiger partial charge in [-0.25, -0.2) is 0 Å². The summed E-state index contributed by atoms with van der Waals surface area (Å²) in [6.45, 7) is 7.64. The fourth-order valence-electron chi connectivity index (χ4n) is 2.09. The van der Waals surface area contributed by atoms with E-state index >= 15 is 0 Å². The number of aliphatic imine (C=N–C) groups is 1. The van der Waals surface area contributed by atoms with Crippen molar-refractivity contribution in [2.75, 3.05) is 13.1 Å². The van der Waals surface area contributed by atoms with Crippen molar-refractivity contribution in [3.8, 4) is 0 Å². The maximum absolute atomic E-state index is 10.1. The second-order valence-corrected chi connectivity index (χ2v) is 6.07. The summed E-state index contributed by atoms with van der Waals surface area (Å²) in [5.74, 6) is 0.769. The molecule has 2 rings (SSSR count). The van der Waals surface area contributed by atoms with Gasteiger partial charge in [0.05, 0.1) is 12.7 Å². The van der Waals surface area contributed by atoms with Gasteiger partial charge >= 0.3 is 0 Å². The van der Waals surface area contributed by atoms with Crippen molar-refractivity contribution in [2.45, 2.75) is 39.3 Å². The Morgan fingerprint density at radius 1 is 1.65 bits per heavy atom. The molecule has 1 aliphatic carbocycles. The topological polar surface area (TPSA) is 74.5 Å². The lowest BCUT2D eigenvalue weighted by molar-refractivity contribution is 0.187. The maximum atomic E-state index is 10.1. The van der Waals surface area contributed by atoms with Crippen molar-refractivity contribution in [1.29, 1.82) is 0 Å². The number of guanidine groups is 1. The third-order valence-electron chi connectivity index (χ3n) is 3.70. The van der Waals surface area contributed by atoms with Gasteiger partial charge in [-0.2, -0.15) is 5.10 Å². The van der Waals surface area contributed by atoms with Gasteiger partial charge in [-0.3, -0.25) is 9.67 Å². The van der Waals surface area contributed by atoms with Crippen LogP contribution in [0.25, 0.3) is 0 Å². The van der Waals surface area contributed by atoms with Gasteiger partial charge in [-0.15, -0.1) is 0 Å². The van der Waals surface area contributed by atoms with Crippen LogP contribution >= 0.6 is 0 Å². The van der Waals surface area contributed by atoms with Gasteiger partial charge < -0.3 is 15.7 Å². The molecule has 1 aromatic heterocycles. The zero-order chi connectivity index (χ0) is 14.8. The zero-order valence-electron chi connectivity index (χ0n) is 12.7. The SMILES string of the molecule is CCNC(=NCC(O)c1cnn(C)c1)NC1CC1(C)C. The highest BCUT2D eigenvalue weighted by molar-refractivity contribution is 5.80. The molecule has 2 unspecified atom stereocenters. The first-order valence-corrected chi connectivity index (χ1v) is 7.14. The van der Waals surface area contributed by atoms with Gasteiger partial charge in [0.1, 0.15) is 6.10 Å². The van der Waals surface area contributed by atoms with E-state index in [0.717, 1.165) is 24.5 Å². The second kappa shape index (κ2) is 5.83. The lowest BCUT2D eigenvalue weighted by Gasteiger charge is -2.13. The van der Waals surface area contributed by atoms with Gasteiger partial charge in [0, 0.05) is 31.4 Å². The Balaban J connectivity index is 1.91. The summed E-state index contributed by atoms with van der Waals surface area (Å²) in [5, 5.41) is 20.8. The smallest absolute Gasteiger partial charge is 0.191 e. The summed E-state index contributed by atoms with van der Waals surface area (Å²) in [4.78, 5) is 4.45. The van der Waals surface area contributed by atoms with Crippen LogP contribution in [0.5, 0.6) is 0 Å². The normalized spacial score (nSPS) is 22.4. The van der Waals surface area contributed by atoms with Crippen LogP contribution < -0.4 is 10.6 Å². The molecule has 1 fully saturated rings. The number of aryl methyl sites for hydroxylation is 1. The van der Waals surface area contributed by atoms with Gasteiger partial charge in [-0.05, 0) is 18.8 Å². The molecule has 1 aliphatic rings. The quantitative estimate of drug-likeness (QED) is 0.551. The number of aliphatic hydroxyl groups excluding tert-OH is 1. The van der Waals surface area contributed by atoms with Crippen LogP contribution in [0.15, 0.2) is 17.4 Å². The highest BCUT2D eigenvalue weighted by Crippen LogP contribution is 2.44. The van der Waals surface area contributed by atoms with E-state index in [2.05, 4.69) is 34.6 Å². The van der Waals surface area contributed by atoms with E-state index < -0.39 is 6.10 Å². The lowest BCUT2D eigenvalue weighted by Crippen LogP contribution is -2.40. The molecule has 0 saturated heterocycles. The minimum atomic E-state index is -0.619. The van der Waals surface area contributed by atoms with Crippen molar-refractivity contribution in [3.05, 3.63) is 18.0 Å². The predicted octanol–water partition coefficient (Wildman–Crippen LogP) is 0.807. The average Bonchev–Trinajstić information content (AvgIpc) is 2.78. The molecule has 0 bridgehead atoms. The summed E-state index contributed by atoms with van der Waals surface area (Å²) in [5.41, 5.74) is 1.14. The van der Waals surface area contributed by atoms with E-state index in [0.29, 0.717) is 18.0 Å². The number of aromatic nitrogens is 2. The summed E-state index contributed by atoms with van der Waals surface area (Å²) in [6, 6.07) is 0.468. The Labute approximate surface area is 120 Å². The first kappa shape index (κ1) is 14.8. The Kier molecular flexibility index (Phi) is 4.32. The summed E-state index contributed by atoms with van der Waals surface area (Å²) >= 11 is 0. The highest BCUT2D eigenvalue weighted by Gasteiger charge is 2.46. The average molecular weight is 279 g/mol. The van der Waals surface area contributed by atoms with Crippen LogP contribution in [-0.2, 0) is 7.05 Å². The Morgan fingerprint density at radius 3 is 2.85 bits per heavy atom. The van der Waals surface area contributed by atoms with E-state index in [1.165, 1.54) is 0 Å². The molecule has 0 spiro atoms. The van der Waals surface area contributed by atoms with E-state index in [-0.39, 0.29) is 0 Å². The Morgan fingerprint density at radius 2 is 2.35 bits per heavy atom. The highest BCUT2D eigenvalue weighted by atomic mass is 16.3. The summed E-state index contributed by atoms with van der Waals surface area (Å²) < 4.78 is 1.68. The van der Waals surface area contributed by atoms with Crippen molar-refractivity contribution in [3.63, 3.8) is 0 Å². The van der Waals surface area contributed by atoms with Gasteiger partial charge in [0.2, 0.25) is 0 Å². The molecule has 112 valence electrons. The van der Waals surface area contributed by atoms with Gasteiger partial charge in [-0.1, -0.05) is 13.8 Å². The number of hydrogen-bond donors (Lipinski definition) is 3. The van der Waals surface area contributed by atoms with Crippen LogP contribution in [0, 0.1) is 5.41 Å². The van der Waals surface area contributed by atoms with Gasteiger partial charge in [0.25, 0.3) is 0 Å². The molecule has 0 aliphatic heterocycles. The Hall–Kier alpha value is -1.56. The lowest BCUT2D eigenvalue weighted by atomic mass is 10.2. The standard InChI is InChI=1S/C14H25N5O/c1-5-15-13(18-12-6-14(12,2)3)16-8-11(20)10-7-17-19(4)9-10/h7,9,11-12,20H,5-6,8H2,1-4H3,(H2,15,16,18).